The van der Waals surface area contributed by atoms with E-state index in [1.807, 2.05) is 0 Å². The number of rotatable bonds is 1. The molecule has 0 aromatic carbocycles. The van der Waals surface area contributed by atoms with Crippen molar-refractivity contribution in [2.75, 3.05) is 6.61 Å². The lowest BCUT2D eigenvalue weighted by molar-refractivity contribution is 0.190. The average Bonchev–Trinajstić information content (AvgIpc) is 1.90. The Morgan fingerprint density at radius 1 is 1.22 bits per heavy atom. The fourth-order valence-electron chi connectivity index (χ4n) is 1.51. The first-order valence-electron chi connectivity index (χ1n) is 3.93. The van der Waals surface area contributed by atoms with Gasteiger partial charge in [-0.25, -0.2) is 0 Å². The second-order valence-electron chi connectivity index (χ2n) is 3.31. The Bertz CT molecular complexity index is 77.0. The highest BCUT2D eigenvalue weighted by Gasteiger charge is 2.16. The molecule has 0 amide bonds. The van der Waals surface area contributed by atoms with Crippen molar-refractivity contribution in [3.05, 3.63) is 0 Å². The van der Waals surface area contributed by atoms with Crippen molar-refractivity contribution in [2.24, 2.45) is 5.92 Å². The third-order valence-corrected chi connectivity index (χ3v) is 2.39. The molecule has 1 fully saturated rings. The molecule has 1 nitrogen and oxygen atoms in total. The summed E-state index contributed by atoms with van der Waals surface area (Å²) in [5.74, 6) is 1.54. The van der Waals surface area contributed by atoms with Crippen LogP contribution in [0, 0.1) is 5.92 Å². The minimum atomic E-state index is 0.409. The molecule has 0 heterocycles. The minimum absolute atomic E-state index is 0.409. The molecule has 0 radical (unpaired) electrons. The van der Waals surface area contributed by atoms with Gasteiger partial charge in [-0.15, -0.1) is 0 Å². The van der Waals surface area contributed by atoms with Gasteiger partial charge in [-0.2, -0.15) is 0 Å². The third-order valence-electron chi connectivity index (χ3n) is 2.39. The van der Waals surface area contributed by atoms with Gasteiger partial charge in [0.05, 0.1) is 0 Å². The van der Waals surface area contributed by atoms with Crippen molar-refractivity contribution < 1.29 is 5.11 Å². The lowest BCUT2D eigenvalue weighted by atomic mass is 9.72. The van der Waals surface area contributed by atoms with E-state index in [1.54, 1.807) is 0 Å². The smallest absolute Gasteiger partial charge is 0.105 e. The summed E-state index contributed by atoms with van der Waals surface area (Å²) in [6.45, 7) is 0.409. The molecule has 1 aliphatic rings. The van der Waals surface area contributed by atoms with Crippen LogP contribution in [0.4, 0.5) is 0 Å². The Kier molecular flexibility index (Phi) is 2.58. The van der Waals surface area contributed by atoms with Crippen LogP contribution >= 0.6 is 0 Å². The molecular weight excluding hydrogens is 111 g/mol. The largest absolute Gasteiger partial charge is 0.396 e. The van der Waals surface area contributed by atoms with Crippen LogP contribution in [-0.2, 0) is 0 Å². The normalized spacial score (nSPS) is 36.6. The lowest BCUT2D eigenvalue weighted by Crippen LogP contribution is -2.13. The van der Waals surface area contributed by atoms with E-state index in [0.29, 0.717) is 12.5 Å². The van der Waals surface area contributed by atoms with E-state index in [2.05, 4.69) is 7.85 Å². The summed E-state index contributed by atoms with van der Waals surface area (Å²) in [5.41, 5.74) is 0. The van der Waals surface area contributed by atoms with Gasteiger partial charge >= 0.3 is 0 Å². The van der Waals surface area contributed by atoms with Crippen LogP contribution in [0.3, 0.4) is 0 Å². The van der Waals surface area contributed by atoms with Crippen LogP contribution in [-0.4, -0.2) is 19.6 Å². The van der Waals surface area contributed by atoms with Crippen molar-refractivity contribution in [3.63, 3.8) is 0 Å². The SMILES string of the molecule is BC1CCC(CO)CC1. The minimum Gasteiger partial charge on any atom is -0.396 e. The average molecular weight is 126 g/mol. The maximum absolute atomic E-state index is 8.78. The van der Waals surface area contributed by atoms with Gasteiger partial charge in [-0.1, -0.05) is 18.7 Å². The molecule has 0 bridgehead atoms. The summed E-state index contributed by atoms with van der Waals surface area (Å²) in [6, 6.07) is 0. The van der Waals surface area contributed by atoms with Gasteiger partial charge in [0.15, 0.2) is 0 Å². The standard InChI is InChI=1S/C7H15BO/c8-7-3-1-6(5-9)2-4-7/h6-7,9H,1-5,8H2. The Morgan fingerprint density at radius 3 is 2.22 bits per heavy atom. The zero-order valence-corrected chi connectivity index (χ0v) is 6.14. The Labute approximate surface area is 57.9 Å². The van der Waals surface area contributed by atoms with Gasteiger partial charge in [0.1, 0.15) is 7.85 Å². The van der Waals surface area contributed by atoms with E-state index < -0.39 is 0 Å². The van der Waals surface area contributed by atoms with Crippen LogP contribution in [0.2, 0.25) is 5.82 Å². The summed E-state index contributed by atoms with van der Waals surface area (Å²) < 4.78 is 0. The first-order chi connectivity index (χ1) is 4.33. The van der Waals surface area contributed by atoms with Crippen molar-refractivity contribution in [2.45, 2.75) is 31.5 Å². The van der Waals surface area contributed by atoms with Crippen LogP contribution < -0.4 is 0 Å². The number of aliphatic hydroxyl groups excluding tert-OH is 1. The molecule has 1 rings (SSSR count). The fourth-order valence-corrected chi connectivity index (χ4v) is 1.51. The van der Waals surface area contributed by atoms with Crippen molar-refractivity contribution in [1.82, 2.24) is 0 Å². The van der Waals surface area contributed by atoms with Crippen LogP contribution in [0.5, 0.6) is 0 Å². The van der Waals surface area contributed by atoms with E-state index in [0.717, 1.165) is 5.82 Å². The maximum Gasteiger partial charge on any atom is 0.105 e. The molecule has 52 valence electrons. The van der Waals surface area contributed by atoms with Crippen molar-refractivity contribution in [3.8, 4) is 0 Å². The topological polar surface area (TPSA) is 20.2 Å². The molecule has 1 saturated carbocycles. The monoisotopic (exact) mass is 126 g/mol. The summed E-state index contributed by atoms with van der Waals surface area (Å²) >= 11 is 0. The van der Waals surface area contributed by atoms with E-state index in [1.165, 1.54) is 25.7 Å². The van der Waals surface area contributed by atoms with Crippen LogP contribution in [0.15, 0.2) is 0 Å². The molecule has 0 spiro atoms. The zero-order valence-electron chi connectivity index (χ0n) is 6.14. The van der Waals surface area contributed by atoms with Crippen LogP contribution in [0.1, 0.15) is 25.7 Å². The fraction of sp³-hybridized carbons (Fsp3) is 1.00. The first kappa shape index (κ1) is 7.14. The van der Waals surface area contributed by atoms with Gasteiger partial charge in [-0.05, 0) is 18.8 Å². The molecule has 0 aromatic rings. The third kappa shape index (κ3) is 2.01. The van der Waals surface area contributed by atoms with E-state index in [-0.39, 0.29) is 0 Å². The van der Waals surface area contributed by atoms with E-state index >= 15 is 0 Å². The highest BCUT2D eigenvalue weighted by Crippen LogP contribution is 2.29. The molecular formula is C7H15BO. The summed E-state index contributed by atoms with van der Waals surface area (Å²) in [5, 5.41) is 8.78. The Hall–Kier alpha value is 0.0249. The number of hydrogen-bond acceptors (Lipinski definition) is 1. The number of aliphatic hydroxyl groups is 1. The summed E-state index contributed by atoms with van der Waals surface area (Å²) in [7, 11) is 2.30. The van der Waals surface area contributed by atoms with Gasteiger partial charge in [0.2, 0.25) is 0 Å². The first-order valence-corrected chi connectivity index (χ1v) is 3.93. The second-order valence-corrected chi connectivity index (χ2v) is 3.31. The van der Waals surface area contributed by atoms with Crippen molar-refractivity contribution in [1.29, 1.82) is 0 Å². The van der Waals surface area contributed by atoms with E-state index in [4.69, 9.17) is 5.11 Å². The van der Waals surface area contributed by atoms with Gasteiger partial charge < -0.3 is 5.11 Å². The highest BCUT2D eigenvalue weighted by molar-refractivity contribution is 6.11. The molecule has 0 unspecified atom stereocenters. The molecule has 1 N–H and O–H groups in total. The maximum atomic E-state index is 8.78. The Balaban J connectivity index is 2.18. The lowest BCUT2D eigenvalue weighted by Gasteiger charge is -2.24. The van der Waals surface area contributed by atoms with Gasteiger partial charge in [0, 0.05) is 6.61 Å². The second kappa shape index (κ2) is 3.26. The quantitative estimate of drug-likeness (QED) is 0.510. The van der Waals surface area contributed by atoms with Gasteiger partial charge in [0.25, 0.3) is 0 Å². The molecule has 0 aliphatic heterocycles. The number of hydrogen-bond donors (Lipinski definition) is 1. The highest BCUT2D eigenvalue weighted by atomic mass is 16.3. The van der Waals surface area contributed by atoms with Gasteiger partial charge in [-0.3, -0.25) is 0 Å². The zero-order chi connectivity index (χ0) is 6.69. The predicted octanol–water partition coefficient (Wildman–Crippen LogP) is 0.591. The Morgan fingerprint density at radius 2 is 1.78 bits per heavy atom. The van der Waals surface area contributed by atoms with E-state index in [9.17, 15) is 0 Å². The predicted molar refractivity (Wildman–Crippen MR) is 41.3 cm³/mol. The molecule has 0 saturated heterocycles. The summed E-state index contributed by atoms with van der Waals surface area (Å²) in [4.78, 5) is 0. The molecule has 2 heteroatoms. The van der Waals surface area contributed by atoms with Crippen molar-refractivity contribution >= 4 is 7.85 Å². The molecule has 9 heavy (non-hydrogen) atoms. The molecule has 0 atom stereocenters. The summed E-state index contributed by atoms with van der Waals surface area (Å²) in [6.07, 6.45) is 5.14. The van der Waals surface area contributed by atoms with Crippen LogP contribution in [0.25, 0.3) is 0 Å². The molecule has 1 aliphatic carbocycles. The molecule has 0 aromatic heterocycles.